The van der Waals surface area contributed by atoms with Gasteiger partial charge in [0.1, 0.15) is 5.75 Å². The van der Waals surface area contributed by atoms with Crippen molar-refractivity contribution in [3.63, 3.8) is 0 Å². The molecule has 134 valence electrons. The highest BCUT2D eigenvalue weighted by Crippen LogP contribution is 2.36. The second kappa shape index (κ2) is 7.58. The van der Waals surface area contributed by atoms with Gasteiger partial charge in [-0.05, 0) is 55.6 Å². The van der Waals surface area contributed by atoms with E-state index in [0.29, 0.717) is 29.1 Å². The van der Waals surface area contributed by atoms with Crippen molar-refractivity contribution in [3.8, 4) is 5.75 Å². The summed E-state index contributed by atoms with van der Waals surface area (Å²) in [4.78, 5) is 27.8. The highest BCUT2D eigenvalue weighted by atomic mass is 32.1. The Kier molecular flexibility index (Phi) is 5.23. The summed E-state index contributed by atoms with van der Waals surface area (Å²) in [5, 5.41) is 1.92. The summed E-state index contributed by atoms with van der Waals surface area (Å²) < 4.78 is 10.4. The Morgan fingerprint density at radius 3 is 2.54 bits per heavy atom. The quantitative estimate of drug-likeness (QED) is 0.590. The van der Waals surface area contributed by atoms with Crippen LogP contribution in [0.1, 0.15) is 18.7 Å². The van der Waals surface area contributed by atoms with Crippen molar-refractivity contribution < 1.29 is 19.1 Å². The van der Waals surface area contributed by atoms with Crippen LogP contribution in [-0.2, 0) is 14.3 Å². The third kappa shape index (κ3) is 3.28. The van der Waals surface area contributed by atoms with Gasteiger partial charge in [-0.15, -0.1) is 11.3 Å². The molecule has 6 heteroatoms. The van der Waals surface area contributed by atoms with E-state index in [0.717, 1.165) is 10.6 Å². The molecule has 1 aliphatic rings. The number of hydrogen-bond acceptors (Lipinski definition) is 5. The SMILES string of the molecule is CCOc1ccc(N2C(=O)C(=Cc3cccs3)C(C(=O)OC)=C2C)cc1. The Labute approximate surface area is 156 Å². The number of ether oxygens (including phenoxy) is 2. The number of anilines is 1. The van der Waals surface area contributed by atoms with Gasteiger partial charge in [0.15, 0.2) is 0 Å². The Hall–Kier alpha value is -2.86. The van der Waals surface area contributed by atoms with E-state index in [2.05, 4.69) is 0 Å². The standard InChI is InChI=1S/C20H19NO4S/c1-4-25-15-9-7-14(8-10-15)21-13(2)18(20(23)24-3)17(19(21)22)12-16-6-5-11-26-16/h5-12H,4H2,1-3H3. The van der Waals surface area contributed by atoms with Crippen LogP contribution in [-0.4, -0.2) is 25.6 Å². The summed E-state index contributed by atoms with van der Waals surface area (Å²) in [6.07, 6.45) is 1.73. The third-order valence-electron chi connectivity index (χ3n) is 4.03. The molecule has 0 bridgehead atoms. The maximum absolute atomic E-state index is 13.1. The molecule has 1 aliphatic heterocycles. The van der Waals surface area contributed by atoms with Crippen molar-refractivity contribution in [2.24, 2.45) is 0 Å². The molecule has 1 amide bonds. The maximum Gasteiger partial charge on any atom is 0.340 e. The van der Waals surface area contributed by atoms with Crippen molar-refractivity contribution in [1.29, 1.82) is 0 Å². The number of carbonyl (C=O) groups is 2. The molecule has 1 aromatic heterocycles. The first-order valence-corrected chi connectivity index (χ1v) is 9.06. The normalized spacial score (nSPS) is 15.7. The van der Waals surface area contributed by atoms with Gasteiger partial charge in [-0.3, -0.25) is 9.69 Å². The van der Waals surface area contributed by atoms with Gasteiger partial charge < -0.3 is 9.47 Å². The number of esters is 1. The molecule has 3 rings (SSSR count). The molecule has 0 aliphatic carbocycles. The highest BCUT2D eigenvalue weighted by Gasteiger charge is 2.37. The van der Waals surface area contributed by atoms with Gasteiger partial charge in [0.2, 0.25) is 0 Å². The van der Waals surface area contributed by atoms with Crippen LogP contribution in [0.5, 0.6) is 5.75 Å². The first-order valence-electron chi connectivity index (χ1n) is 8.19. The summed E-state index contributed by atoms with van der Waals surface area (Å²) in [7, 11) is 1.31. The number of nitrogens with zero attached hydrogens (tertiary/aromatic N) is 1. The number of methoxy groups -OCH3 is 1. The molecular formula is C20H19NO4S. The van der Waals surface area contributed by atoms with Crippen LogP contribution >= 0.6 is 11.3 Å². The number of amides is 1. The minimum Gasteiger partial charge on any atom is -0.494 e. The number of carbonyl (C=O) groups excluding carboxylic acids is 2. The lowest BCUT2D eigenvalue weighted by Crippen LogP contribution is -2.24. The molecule has 0 radical (unpaired) electrons. The average Bonchev–Trinajstić information content (AvgIpc) is 3.23. The van der Waals surface area contributed by atoms with Crippen LogP contribution < -0.4 is 9.64 Å². The summed E-state index contributed by atoms with van der Waals surface area (Å²) in [6.45, 7) is 4.23. The van der Waals surface area contributed by atoms with Crippen molar-refractivity contribution in [1.82, 2.24) is 0 Å². The lowest BCUT2D eigenvalue weighted by molar-refractivity contribution is -0.136. The number of thiophene rings is 1. The summed E-state index contributed by atoms with van der Waals surface area (Å²) in [5.41, 5.74) is 1.85. The lowest BCUT2D eigenvalue weighted by atomic mass is 10.1. The highest BCUT2D eigenvalue weighted by molar-refractivity contribution is 7.10. The van der Waals surface area contributed by atoms with Crippen LogP contribution in [0.4, 0.5) is 5.69 Å². The van der Waals surface area contributed by atoms with E-state index in [1.54, 1.807) is 37.3 Å². The second-order valence-electron chi connectivity index (χ2n) is 5.59. The topological polar surface area (TPSA) is 55.8 Å². The molecule has 0 saturated heterocycles. The van der Waals surface area contributed by atoms with Gasteiger partial charge in [-0.2, -0.15) is 0 Å². The zero-order valence-electron chi connectivity index (χ0n) is 14.8. The van der Waals surface area contributed by atoms with E-state index in [1.807, 2.05) is 24.4 Å². The van der Waals surface area contributed by atoms with Crippen molar-refractivity contribution in [3.05, 3.63) is 63.5 Å². The molecule has 2 aromatic rings. The van der Waals surface area contributed by atoms with Gasteiger partial charge in [-0.1, -0.05) is 6.07 Å². The van der Waals surface area contributed by atoms with Gasteiger partial charge >= 0.3 is 5.97 Å². The van der Waals surface area contributed by atoms with Crippen LogP contribution in [0.15, 0.2) is 58.6 Å². The summed E-state index contributed by atoms with van der Waals surface area (Å²) >= 11 is 1.50. The van der Waals surface area contributed by atoms with Crippen LogP contribution in [0.2, 0.25) is 0 Å². The fourth-order valence-electron chi connectivity index (χ4n) is 2.86. The summed E-state index contributed by atoms with van der Waals surface area (Å²) in [6, 6.07) is 11.0. The van der Waals surface area contributed by atoms with Crippen LogP contribution in [0, 0.1) is 0 Å². The minimum absolute atomic E-state index is 0.250. The Bertz CT molecular complexity index is 879. The van der Waals surface area contributed by atoms with E-state index in [1.165, 1.54) is 23.3 Å². The molecule has 0 spiro atoms. The van der Waals surface area contributed by atoms with E-state index < -0.39 is 5.97 Å². The van der Waals surface area contributed by atoms with Gasteiger partial charge in [-0.25, -0.2) is 4.79 Å². The van der Waals surface area contributed by atoms with Gasteiger partial charge in [0.05, 0.1) is 24.9 Å². The number of allylic oxidation sites excluding steroid dienone is 1. The maximum atomic E-state index is 13.1. The van der Waals surface area contributed by atoms with E-state index in [-0.39, 0.29) is 5.91 Å². The predicted octanol–water partition coefficient (Wildman–Crippen LogP) is 4.02. The zero-order chi connectivity index (χ0) is 18.7. The van der Waals surface area contributed by atoms with Gasteiger partial charge in [0, 0.05) is 16.3 Å². The average molecular weight is 369 g/mol. The first kappa shape index (κ1) is 17.9. The monoisotopic (exact) mass is 369 g/mol. The van der Waals surface area contributed by atoms with Crippen molar-refractivity contribution in [2.45, 2.75) is 13.8 Å². The smallest absolute Gasteiger partial charge is 0.340 e. The fourth-order valence-corrected chi connectivity index (χ4v) is 3.52. The third-order valence-corrected chi connectivity index (χ3v) is 4.84. The number of benzene rings is 1. The molecule has 5 nitrogen and oxygen atoms in total. The molecular weight excluding hydrogens is 350 g/mol. The Morgan fingerprint density at radius 1 is 1.23 bits per heavy atom. The lowest BCUT2D eigenvalue weighted by Gasteiger charge is -2.18. The van der Waals surface area contributed by atoms with Crippen molar-refractivity contribution in [2.75, 3.05) is 18.6 Å². The Balaban J connectivity index is 2.05. The number of hydrogen-bond donors (Lipinski definition) is 0. The largest absolute Gasteiger partial charge is 0.494 e. The molecule has 0 atom stereocenters. The van der Waals surface area contributed by atoms with Crippen LogP contribution in [0.3, 0.4) is 0 Å². The van der Waals surface area contributed by atoms with Gasteiger partial charge in [0.25, 0.3) is 5.91 Å². The van der Waals surface area contributed by atoms with Crippen molar-refractivity contribution >= 4 is 35.0 Å². The fraction of sp³-hybridized carbons (Fsp3) is 0.200. The molecule has 26 heavy (non-hydrogen) atoms. The van der Waals surface area contributed by atoms with E-state index in [9.17, 15) is 9.59 Å². The first-order chi connectivity index (χ1) is 12.6. The molecule has 0 fully saturated rings. The number of rotatable bonds is 5. The Morgan fingerprint density at radius 2 is 1.96 bits per heavy atom. The zero-order valence-corrected chi connectivity index (χ0v) is 15.6. The van der Waals surface area contributed by atoms with E-state index >= 15 is 0 Å². The minimum atomic E-state index is -0.521. The molecule has 2 heterocycles. The molecule has 0 unspecified atom stereocenters. The molecule has 1 aromatic carbocycles. The molecule has 0 saturated carbocycles. The predicted molar refractivity (Wildman–Crippen MR) is 102 cm³/mol. The van der Waals surface area contributed by atoms with Crippen LogP contribution in [0.25, 0.3) is 6.08 Å². The summed E-state index contributed by atoms with van der Waals surface area (Å²) in [5.74, 6) is -0.0420. The van der Waals surface area contributed by atoms with E-state index in [4.69, 9.17) is 9.47 Å². The second-order valence-corrected chi connectivity index (χ2v) is 6.57. The molecule has 0 N–H and O–H groups in total.